The number of rotatable bonds is 5. The summed E-state index contributed by atoms with van der Waals surface area (Å²) in [4.78, 5) is 2.50. The molecule has 2 unspecified atom stereocenters. The molecule has 0 amide bonds. The van der Waals surface area contributed by atoms with Crippen molar-refractivity contribution >= 4 is 0 Å². The van der Waals surface area contributed by atoms with E-state index < -0.39 is 0 Å². The number of nitrogens with zero attached hydrogens (tertiary/aromatic N) is 1. The Morgan fingerprint density at radius 3 is 2.43 bits per heavy atom. The van der Waals surface area contributed by atoms with Crippen LogP contribution in [-0.2, 0) is 6.42 Å². The van der Waals surface area contributed by atoms with Crippen LogP contribution in [0.15, 0.2) is 24.3 Å². The van der Waals surface area contributed by atoms with E-state index in [0.29, 0.717) is 12.1 Å². The Bertz CT molecular complexity index is 471. The maximum atomic E-state index is 12.9. The van der Waals surface area contributed by atoms with E-state index in [9.17, 15) is 9.50 Å². The fourth-order valence-corrected chi connectivity index (χ4v) is 3.87. The largest absolute Gasteiger partial charge is 0.392 e. The molecule has 23 heavy (non-hydrogen) atoms. The Morgan fingerprint density at radius 1 is 1.04 bits per heavy atom. The van der Waals surface area contributed by atoms with Crippen molar-refractivity contribution in [1.29, 1.82) is 0 Å². The highest BCUT2D eigenvalue weighted by Gasteiger charge is 2.27. The minimum absolute atomic E-state index is 0.153. The summed E-state index contributed by atoms with van der Waals surface area (Å²) in [6, 6.07) is 7.71. The fourth-order valence-electron chi connectivity index (χ4n) is 3.87. The van der Waals surface area contributed by atoms with Crippen molar-refractivity contribution in [3.8, 4) is 0 Å². The van der Waals surface area contributed by atoms with Crippen LogP contribution in [0, 0.1) is 5.82 Å². The van der Waals surface area contributed by atoms with Gasteiger partial charge in [-0.2, -0.15) is 0 Å². The lowest BCUT2D eigenvalue weighted by Crippen LogP contribution is -2.51. The van der Waals surface area contributed by atoms with E-state index in [2.05, 4.69) is 10.2 Å². The van der Waals surface area contributed by atoms with Gasteiger partial charge in [-0.3, -0.25) is 0 Å². The summed E-state index contributed by atoms with van der Waals surface area (Å²) in [6.07, 6.45) is 7.63. The van der Waals surface area contributed by atoms with Crippen molar-refractivity contribution in [2.45, 2.75) is 63.1 Å². The van der Waals surface area contributed by atoms with Crippen LogP contribution in [0.25, 0.3) is 0 Å². The first-order chi connectivity index (χ1) is 11.2. The lowest BCUT2D eigenvalue weighted by atomic mass is 9.91. The van der Waals surface area contributed by atoms with Gasteiger partial charge in [0.1, 0.15) is 5.82 Å². The van der Waals surface area contributed by atoms with Crippen LogP contribution >= 0.6 is 0 Å². The Kier molecular flexibility index (Phi) is 6.03. The highest BCUT2D eigenvalue weighted by molar-refractivity contribution is 5.16. The van der Waals surface area contributed by atoms with E-state index in [1.165, 1.54) is 18.4 Å². The maximum Gasteiger partial charge on any atom is 0.123 e. The first-order valence-electron chi connectivity index (χ1n) is 9.11. The van der Waals surface area contributed by atoms with Gasteiger partial charge in [0.2, 0.25) is 0 Å². The van der Waals surface area contributed by atoms with E-state index in [1.54, 1.807) is 12.1 Å². The third-order valence-electron chi connectivity index (χ3n) is 5.40. The zero-order valence-corrected chi connectivity index (χ0v) is 13.9. The molecule has 0 spiro atoms. The molecule has 1 aliphatic heterocycles. The van der Waals surface area contributed by atoms with Crippen LogP contribution in [0.4, 0.5) is 4.39 Å². The highest BCUT2D eigenvalue weighted by atomic mass is 19.1. The van der Waals surface area contributed by atoms with E-state index >= 15 is 0 Å². The molecule has 2 aliphatic rings. The summed E-state index contributed by atoms with van der Waals surface area (Å²) in [7, 11) is 0. The van der Waals surface area contributed by atoms with Gasteiger partial charge in [0, 0.05) is 18.6 Å². The smallest absolute Gasteiger partial charge is 0.123 e. The monoisotopic (exact) mass is 320 g/mol. The van der Waals surface area contributed by atoms with Crippen molar-refractivity contribution in [1.82, 2.24) is 10.2 Å². The van der Waals surface area contributed by atoms with Gasteiger partial charge in [0.15, 0.2) is 0 Å². The summed E-state index contributed by atoms with van der Waals surface area (Å²) in [5.41, 5.74) is 1.21. The predicted molar refractivity (Wildman–Crippen MR) is 91.0 cm³/mol. The minimum atomic E-state index is -0.162. The zero-order chi connectivity index (χ0) is 16.1. The van der Waals surface area contributed by atoms with Gasteiger partial charge >= 0.3 is 0 Å². The summed E-state index contributed by atoms with van der Waals surface area (Å²) in [6.45, 7) is 3.27. The molecule has 1 heterocycles. The number of hydrogen-bond acceptors (Lipinski definition) is 3. The average Bonchev–Trinajstić information content (AvgIpc) is 2.58. The molecule has 3 nitrogen and oxygen atoms in total. The van der Waals surface area contributed by atoms with Crippen LogP contribution in [-0.4, -0.2) is 47.8 Å². The van der Waals surface area contributed by atoms with Crippen molar-refractivity contribution in [2.24, 2.45) is 0 Å². The van der Waals surface area contributed by atoms with Crippen LogP contribution in [0.5, 0.6) is 0 Å². The number of hydrogen-bond donors (Lipinski definition) is 2. The first kappa shape index (κ1) is 16.9. The third kappa shape index (κ3) is 5.00. The molecule has 128 valence electrons. The van der Waals surface area contributed by atoms with Crippen LogP contribution in [0.2, 0.25) is 0 Å². The quantitative estimate of drug-likeness (QED) is 0.876. The molecule has 1 aromatic carbocycles. The molecule has 2 atom stereocenters. The van der Waals surface area contributed by atoms with Crippen molar-refractivity contribution in [2.75, 3.05) is 19.6 Å². The standard InChI is InChI=1S/C19H29FN2O/c20-16-7-5-15(6-8-16)9-12-22-13-10-17(11-14-22)21-18-3-1-2-4-19(18)23/h5-8,17-19,21,23H,1-4,9-14H2. The second-order valence-corrected chi connectivity index (χ2v) is 7.12. The van der Waals surface area contributed by atoms with E-state index in [1.807, 2.05) is 12.1 Å². The number of aliphatic hydroxyl groups excluding tert-OH is 1. The van der Waals surface area contributed by atoms with Crippen LogP contribution < -0.4 is 5.32 Å². The SMILES string of the molecule is OC1CCCCC1NC1CCN(CCc2ccc(F)cc2)CC1. The van der Waals surface area contributed by atoms with Gasteiger partial charge in [-0.05, 0) is 62.9 Å². The molecule has 1 saturated carbocycles. The number of halogens is 1. The Labute approximate surface area is 138 Å². The van der Waals surface area contributed by atoms with E-state index in [4.69, 9.17) is 0 Å². The topological polar surface area (TPSA) is 35.5 Å². The fraction of sp³-hybridized carbons (Fsp3) is 0.684. The van der Waals surface area contributed by atoms with Gasteiger partial charge in [0.05, 0.1) is 6.10 Å². The molecular weight excluding hydrogens is 291 g/mol. The molecule has 4 heteroatoms. The second kappa shape index (κ2) is 8.22. The maximum absolute atomic E-state index is 12.9. The summed E-state index contributed by atoms with van der Waals surface area (Å²) in [5, 5.41) is 13.8. The van der Waals surface area contributed by atoms with Crippen molar-refractivity contribution in [3.63, 3.8) is 0 Å². The minimum Gasteiger partial charge on any atom is -0.392 e. The third-order valence-corrected chi connectivity index (χ3v) is 5.40. The highest BCUT2D eigenvalue weighted by Crippen LogP contribution is 2.21. The molecule has 1 aliphatic carbocycles. The molecule has 3 rings (SSSR count). The first-order valence-corrected chi connectivity index (χ1v) is 9.11. The van der Waals surface area contributed by atoms with Gasteiger partial charge in [-0.25, -0.2) is 4.39 Å². The number of benzene rings is 1. The summed E-state index contributed by atoms with van der Waals surface area (Å²) < 4.78 is 12.9. The number of likely N-dealkylation sites (tertiary alicyclic amines) is 1. The molecule has 1 aromatic rings. The average molecular weight is 320 g/mol. The predicted octanol–water partition coefficient (Wildman–Crippen LogP) is 2.73. The second-order valence-electron chi connectivity index (χ2n) is 7.12. The van der Waals surface area contributed by atoms with Crippen LogP contribution in [0.1, 0.15) is 44.1 Å². The van der Waals surface area contributed by atoms with Gasteiger partial charge in [-0.15, -0.1) is 0 Å². The molecule has 2 N–H and O–H groups in total. The zero-order valence-electron chi connectivity index (χ0n) is 13.9. The number of nitrogens with one attached hydrogen (secondary N) is 1. The summed E-state index contributed by atoms with van der Waals surface area (Å²) >= 11 is 0. The summed E-state index contributed by atoms with van der Waals surface area (Å²) in [5.74, 6) is -0.162. The van der Waals surface area contributed by atoms with Gasteiger partial charge < -0.3 is 15.3 Å². The van der Waals surface area contributed by atoms with E-state index in [-0.39, 0.29) is 11.9 Å². The lowest BCUT2D eigenvalue weighted by molar-refractivity contribution is 0.0766. The Balaban J connectivity index is 1.37. The number of aliphatic hydroxyl groups is 1. The molecule has 0 aromatic heterocycles. The van der Waals surface area contributed by atoms with Crippen LogP contribution in [0.3, 0.4) is 0 Å². The molecule has 1 saturated heterocycles. The van der Waals surface area contributed by atoms with E-state index in [0.717, 1.165) is 51.7 Å². The van der Waals surface area contributed by atoms with Crippen molar-refractivity contribution in [3.05, 3.63) is 35.6 Å². The van der Waals surface area contributed by atoms with Gasteiger partial charge in [0.25, 0.3) is 0 Å². The molecule has 0 radical (unpaired) electrons. The number of piperidine rings is 1. The lowest BCUT2D eigenvalue weighted by Gasteiger charge is -2.37. The van der Waals surface area contributed by atoms with Crippen molar-refractivity contribution < 1.29 is 9.50 Å². The molecule has 0 bridgehead atoms. The molecule has 2 fully saturated rings. The normalized spacial score (nSPS) is 27.2. The Hall–Kier alpha value is -0.970. The molecular formula is C19H29FN2O. The Morgan fingerprint density at radius 2 is 1.74 bits per heavy atom. The van der Waals surface area contributed by atoms with Gasteiger partial charge in [-0.1, -0.05) is 25.0 Å².